The van der Waals surface area contributed by atoms with Crippen molar-refractivity contribution < 1.29 is 9.53 Å². The fourth-order valence-electron chi connectivity index (χ4n) is 2.58. The monoisotopic (exact) mass is 335 g/mol. The van der Waals surface area contributed by atoms with Gasteiger partial charge in [-0.3, -0.25) is 4.79 Å². The van der Waals surface area contributed by atoms with Crippen molar-refractivity contribution in [2.75, 3.05) is 0 Å². The summed E-state index contributed by atoms with van der Waals surface area (Å²) >= 11 is 0. The highest BCUT2D eigenvalue weighted by Gasteiger charge is 2.09. The summed E-state index contributed by atoms with van der Waals surface area (Å²) in [6.07, 6.45) is 1.74. The Bertz CT molecular complexity index is 836. The fourth-order valence-corrected chi connectivity index (χ4v) is 2.58. The van der Waals surface area contributed by atoms with Gasteiger partial charge in [0, 0.05) is 12.7 Å². The molecular weight excluding hydrogens is 314 g/mol. The first-order chi connectivity index (χ1) is 12.1. The lowest BCUT2D eigenvalue weighted by Crippen LogP contribution is -2.23. The van der Waals surface area contributed by atoms with Gasteiger partial charge < -0.3 is 10.1 Å². The van der Waals surface area contributed by atoms with Crippen LogP contribution in [0.5, 0.6) is 5.75 Å². The van der Waals surface area contributed by atoms with Crippen LogP contribution in [0.25, 0.3) is 0 Å². The first-order valence-corrected chi connectivity index (χ1v) is 8.17. The minimum Gasteiger partial charge on any atom is -0.471 e. The van der Waals surface area contributed by atoms with Crippen molar-refractivity contribution in [2.45, 2.75) is 27.1 Å². The van der Waals surface area contributed by atoms with Crippen LogP contribution in [0.4, 0.5) is 0 Å². The molecular formula is C20H21N3O2. The number of nitrogens with zero attached hydrogens (tertiary/aromatic N) is 2. The Hall–Kier alpha value is -3.08. The molecule has 3 aromatic rings. The van der Waals surface area contributed by atoms with Gasteiger partial charge in [0.15, 0.2) is 6.73 Å². The van der Waals surface area contributed by atoms with Gasteiger partial charge in [0.2, 0.25) is 0 Å². The molecule has 1 N–H and O–H groups in total. The molecule has 1 amide bonds. The van der Waals surface area contributed by atoms with E-state index in [9.17, 15) is 4.79 Å². The maximum absolute atomic E-state index is 12.2. The molecule has 0 saturated heterocycles. The Morgan fingerprint density at radius 1 is 1.08 bits per heavy atom. The van der Waals surface area contributed by atoms with Crippen molar-refractivity contribution in [1.82, 2.24) is 15.1 Å². The summed E-state index contributed by atoms with van der Waals surface area (Å²) in [6, 6.07) is 17.5. The minimum absolute atomic E-state index is 0.200. The summed E-state index contributed by atoms with van der Waals surface area (Å²) < 4.78 is 7.35. The van der Waals surface area contributed by atoms with Crippen LogP contribution in [0.1, 0.15) is 27.2 Å². The predicted octanol–water partition coefficient (Wildman–Crippen LogP) is 3.47. The third-order valence-electron chi connectivity index (χ3n) is 3.73. The van der Waals surface area contributed by atoms with Crippen molar-refractivity contribution in [1.29, 1.82) is 0 Å². The van der Waals surface area contributed by atoms with Crippen molar-refractivity contribution in [3.05, 3.63) is 83.2 Å². The zero-order valence-electron chi connectivity index (χ0n) is 14.4. The Balaban J connectivity index is 1.55. The van der Waals surface area contributed by atoms with Crippen molar-refractivity contribution in [3.8, 4) is 5.75 Å². The van der Waals surface area contributed by atoms with Gasteiger partial charge >= 0.3 is 0 Å². The van der Waals surface area contributed by atoms with E-state index in [2.05, 4.69) is 16.5 Å². The molecule has 0 saturated carbocycles. The lowest BCUT2D eigenvalue weighted by molar-refractivity contribution is 0.0944. The molecule has 0 bridgehead atoms. The molecule has 0 aliphatic heterocycles. The number of hydrogen-bond acceptors (Lipinski definition) is 3. The third-order valence-corrected chi connectivity index (χ3v) is 3.73. The number of ether oxygens (including phenoxy) is 1. The molecule has 0 aliphatic carbocycles. The Morgan fingerprint density at radius 3 is 2.52 bits per heavy atom. The zero-order chi connectivity index (χ0) is 17.6. The zero-order valence-corrected chi connectivity index (χ0v) is 14.4. The van der Waals surface area contributed by atoms with Crippen molar-refractivity contribution in [2.24, 2.45) is 0 Å². The lowest BCUT2D eigenvalue weighted by atomic mass is 10.1. The number of benzene rings is 2. The number of rotatable bonds is 6. The number of aryl methyl sites for hydroxylation is 2. The molecule has 0 aliphatic rings. The number of aromatic nitrogens is 2. The van der Waals surface area contributed by atoms with Gasteiger partial charge in [-0.05, 0) is 48.7 Å². The molecule has 3 rings (SSSR count). The number of nitrogens with one attached hydrogen (secondary N) is 1. The summed E-state index contributed by atoms with van der Waals surface area (Å²) in [6.45, 7) is 4.80. The van der Waals surface area contributed by atoms with Crippen LogP contribution in [0.15, 0.2) is 60.8 Å². The van der Waals surface area contributed by atoms with Gasteiger partial charge in [-0.2, -0.15) is 5.10 Å². The SMILES string of the molecule is Cc1cc(C)cc(OCn2ccc(C(=O)NCc3ccccc3)n2)c1. The van der Waals surface area contributed by atoms with Gasteiger partial charge in [-0.1, -0.05) is 36.4 Å². The standard InChI is InChI=1S/C20H21N3O2/c1-15-10-16(2)12-18(11-15)25-14-23-9-8-19(22-23)20(24)21-13-17-6-4-3-5-7-17/h3-12H,13-14H2,1-2H3,(H,21,24). The van der Waals surface area contributed by atoms with E-state index in [0.29, 0.717) is 12.2 Å². The Morgan fingerprint density at radius 2 is 1.80 bits per heavy atom. The van der Waals surface area contributed by atoms with Gasteiger partial charge in [-0.25, -0.2) is 4.68 Å². The van der Waals surface area contributed by atoms with E-state index < -0.39 is 0 Å². The van der Waals surface area contributed by atoms with E-state index >= 15 is 0 Å². The summed E-state index contributed by atoms with van der Waals surface area (Å²) in [5.74, 6) is 0.595. The molecule has 0 atom stereocenters. The maximum Gasteiger partial charge on any atom is 0.272 e. The minimum atomic E-state index is -0.200. The average molecular weight is 335 g/mol. The van der Waals surface area contributed by atoms with E-state index in [0.717, 1.165) is 22.4 Å². The van der Waals surface area contributed by atoms with Gasteiger partial charge in [0.25, 0.3) is 5.91 Å². The summed E-state index contributed by atoms with van der Waals surface area (Å²) in [7, 11) is 0. The van der Waals surface area contributed by atoms with Crippen LogP contribution in [0, 0.1) is 13.8 Å². The van der Waals surface area contributed by atoms with Crippen LogP contribution < -0.4 is 10.1 Å². The van der Waals surface area contributed by atoms with Crippen LogP contribution in [-0.4, -0.2) is 15.7 Å². The molecule has 0 fully saturated rings. The van der Waals surface area contributed by atoms with Crippen LogP contribution in [-0.2, 0) is 13.3 Å². The van der Waals surface area contributed by atoms with Crippen LogP contribution in [0.3, 0.4) is 0 Å². The number of carbonyl (C=O) groups excluding carboxylic acids is 1. The van der Waals surface area contributed by atoms with Crippen molar-refractivity contribution in [3.63, 3.8) is 0 Å². The topological polar surface area (TPSA) is 56.1 Å². The van der Waals surface area contributed by atoms with Gasteiger partial charge in [0.1, 0.15) is 11.4 Å². The third kappa shape index (κ3) is 4.70. The molecule has 5 heteroatoms. The Kier molecular flexibility index (Phi) is 5.14. The second-order valence-electron chi connectivity index (χ2n) is 6.01. The summed E-state index contributed by atoms with van der Waals surface area (Å²) in [4.78, 5) is 12.2. The van der Waals surface area contributed by atoms with Gasteiger partial charge in [-0.15, -0.1) is 0 Å². The molecule has 0 unspecified atom stereocenters. The summed E-state index contributed by atoms with van der Waals surface area (Å²) in [5, 5.41) is 7.12. The second-order valence-corrected chi connectivity index (χ2v) is 6.01. The van der Waals surface area contributed by atoms with Gasteiger partial charge in [0.05, 0.1) is 0 Å². The normalized spacial score (nSPS) is 10.5. The molecule has 2 aromatic carbocycles. The number of carbonyl (C=O) groups is 1. The highest BCUT2D eigenvalue weighted by atomic mass is 16.5. The van der Waals surface area contributed by atoms with E-state index in [1.54, 1.807) is 16.9 Å². The second kappa shape index (κ2) is 7.66. The van der Waals surface area contributed by atoms with E-state index in [4.69, 9.17) is 4.74 Å². The molecule has 5 nitrogen and oxygen atoms in total. The molecule has 0 radical (unpaired) electrons. The maximum atomic E-state index is 12.2. The highest BCUT2D eigenvalue weighted by Crippen LogP contribution is 2.16. The molecule has 25 heavy (non-hydrogen) atoms. The first-order valence-electron chi connectivity index (χ1n) is 8.17. The quantitative estimate of drug-likeness (QED) is 0.750. The number of hydrogen-bond donors (Lipinski definition) is 1. The highest BCUT2D eigenvalue weighted by molar-refractivity contribution is 5.92. The smallest absolute Gasteiger partial charge is 0.272 e. The average Bonchev–Trinajstić information content (AvgIpc) is 3.07. The molecule has 1 aromatic heterocycles. The molecule has 128 valence electrons. The summed E-state index contributed by atoms with van der Waals surface area (Å²) in [5.41, 5.74) is 3.72. The number of amides is 1. The predicted molar refractivity (Wildman–Crippen MR) is 96.4 cm³/mol. The van der Waals surface area contributed by atoms with E-state index in [-0.39, 0.29) is 12.6 Å². The Labute approximate surface area is 147 Å². The van der Waals surface area contributed by atoms with Crippen LogP contribution >= 0.6 is 0 Å². The fraction of sp³-hybridized carbons (Fsp3) is 0.200. The lowest BCUT2D eigenvalue weighted by Gasteiger charge is -2.08. The molecule has 1 heterocycles. The first kappa shape index (κ1) is 16.8. The molecule has 0 spiro atoms. The van der Waals surface area contributed by atoms with Crippen molar-refractivity contribution >= 4 is 5.91 Å². The van der Waals surface area contributed by atoms with E-state index in [1.165, 1.54) is 0 Å². The van der Waals surface area contributed by atoms with E-state index in [1.807, 2.05) is 56.3 Å². The van der Waals surface area contributed by atoms with Crippen LogP contribution in [0.2, 0.25) is 0 Å². The largest absolute Gasteiger partial charge is 0.471 e.